The van der Waals surface area contributed by atoms with E-state index in [1.165, 1.54) is 21.5 Å². The Morgan fingerprint density at radius 3 is 1.30 bits per heavy atom. The maximum Gasteiger partial charge on any atom is -0.0809 e. The molecule has 0 fully saturated rings. The fourth-order valence-corrected chi connectivity index (χ4v) is 2.14. The van der Waals surface area contributed by atoms with Crippen LogP contribution in [0.1, 0.15) is 26.7 Å². The Morgan fingerprint density at radius 1 is 0.733 bits per heavy atom. The number of carboxylic acids is 2. The van der Waals surface area contributed by atoms with Crippen LogP contribution in [-0.4, -0.2) is 27.0 Å². The number of hydrogen-bond acceptors (Lipinski definition) is 2. The van der Waals surface area contributed by atoms with Crippen LogP contribution >= 0.6 is 0 Å². The molecular weight excluding hydrogens is 412 g/mol. The zero-order valence-electron chi connectivity index (χ0n) is 17.4. The molecule has 0 unspecified atom stereocenters. The van der Waals surface area contributed by atoms with Crippen LogP contribution in [0.15, 0.2) is 84.9 Å². The third-order valence-electron chi connectivity index (χ3n) is 3.70. The van der Waals surface area contributed by atoms with Crippen molar-refractivity contribution in [3.8, 4) is 0 Å². The third-order valence-corrected chi connectivity index (χ3v) is 3.70. The van der Waals surface area contributed by atoms with Crippen molar-refractivity contribution in [1.82, 2.24) is 0 Å². The van der Waals surface area contributed by atoms with Crippen molar-refractivity contribution < 1.29 is 39.8 Å². The van der Waals surface area contributed by atoms with Crippen molar-refractivity contribution in [2.45, 2.75) is 26.7 Å². The number of hydrogen-bond donors (Lipinski definition) is 2. The maximum atomic E-state index is 9.37. The number of benzene rings is 2. The first-order valence-corrected chi connectivity index (χ1v) is 10.6. The van der Waals surface area contributed by atoms with Gasteiger partial charge in [-0.3, -0.25) is 9.59 Å². The molecule has 4 aromatic carbocycles. The number of rotatable bonds is 2. The molecule has 0 heterocycles. The first-order chi connectivity index (χ1) is 14.5. The van der Waals surface area contributed by atoms with Crippen molar-refractivity contribution in [3.63, 3.8) is 0 Å². The Labute approximate surface area is 189 Å². The van der Waals surface area contributed by atoms with E-state index in [0.717, 1.165) is 0 Å². The van der Waals surface area contributed by atoms with E-state index < -0.39 is 11.9 Å². The minimum Gasteiger partial charge on any atom is -0.168 e. The summed E-state index contributed by atoms with van der Waals surface area (Å²) in [7, 11) is 0. The van der Waals surface area contributed by atoms with Gasteiger partial charge in [0, 0.05) is 12.8 Å². The quantitative estimate of drug-likeness (QED) is 0.294. The summed E-state index contributed by atoms with van der Waals surface area (Å²) in [5.74, 6) is -1.49. The van der Waals surface area contributed by atoms with E-state index in [9.17, 15) is 9.59 Å². The number of carbonyl (C=O) groups is 2. The van der Waals surface area contributed by atoms with Crippen molar-refractivity contribution in [2.24, 2.45) is 0 Å². The molecule has 0 saturated heterocycles. The van der Waals surface area contributed by atoms with Gasteiger partial charge in [-0.25, -0.2) is 0 Å². The van der Waals surface area contributed by atoms with Gasteiger partial charge in [-0.15, -0.1) is 59.3 Å². The molecule has 2 N–H and O–H groups in total. The van der Waals surface area contributed by atoms with Crippen molar-refractivity contribution >= 4 is 38.3 Å². The Kier molecular flexibility index (Phi) is 15.5. The monoisotopic (exact) mass is 440 g/mol. The summed E-state index contributed by atoms with van der Waals surface area (Å²) in [6, 6.07) is 29.3. The van der Waals surface area contributed by atoms with Gasteiger partial charge in [0.15, 0.2) is 0 Å². The topological polar surface area (TPSA) is 74.6 Å². The van der Waals surface area contributed by atoms with Crippen LogP contribution in [0, 0.1) is 0 Å². The van der Waals surface area contributed by atoms with Crippen molar-refractivity contribution in [3.05, 3.63) is 84.9 Å². The minimum absolute atomic E-state index is 0.222. The number of aliphatic carboxylic acids is 2. The number of fused-ring (bicyclic) bond motifs is 2. The molecule has 0 aromatic heterocycles. The van der Waals surface area contributed by atoms with Crippen LogP contribution < -0.4 is 0 Å². The summed E-state index contributed by atoms with van der Waals surface area (Å²) in [4.78, 5) is 22.0. The maximum absolute atomic E-state index is 9.37. The molecule has 0 aliphatic rings. The van der Waals surface area contributed by atoms with Crippen LogP contribution in [0.2, 0.25) is 0 Å². The smallest absolute Gasteiger partial charge is 0.0809 e. The zero-order chi connectivity index (χ0) is 22.8. The third kappa shape index (κ3) is 11.9. The molecular formula is C25H28O4Ti. The minimum atomic E-state index is -0.745. The Balaban J connectivity index is 0.000000379. The second-order valence-corrected chi connectivity index (χ2v) is 5.80. The van der Waals surface area contributed by atoms with Gasteiger partial charge in [-0.2, -0.15) is 35.0 Å². The Bertz CT molecular complexity index is 844. The van der Waals surface area contributed by atoms with Gasteiger partial charge >= 0.3 is 36.7 Å². The first kappa shape index (κ1) is 27.2. The second-order valence-electron chi connectivity index (χ2n) is 5.80. The van der Waals surface area contributed by atoms with Gasteiger partial charge in [0.05, 0.1) is 0 Å². The average molecular weight is 440 g/mol. The molecule has 4 nitrogen and oxygen atoms in total. The largest absolute Gasteiger partial charge is 0.168 e. The molecule has 0 radical (unpaired) electrons. The molecule has 0 aliphatic carbocycles. The van der Waals surface area contributed by atoms with Crippen LogP contribution in [0.3, 0.4) is 0 Å². The first-order valence-electron chi connectivity index (χ1n) is 9.47. The van der Waals surface area contributed by atoms with Gasteiger partial charge in [0.25, 0.3) is 0 Å². The fraction of sp³-hybridized carbons (Fsp3) is 0.160. The van der Waals surface area contributed by atoms with Crippen molar-refractivity contribution in [2.75, 3.05) is 0 Å². The molecule has 30 heavy (non-hydrogen) atoms. The van der Waals surface area contributed by atoms with E-state index in [-0.39, 0.29) is 12.8 Å². The molecule has 0 aliphatic heterocycles. The average Bonchev–Trinajstić information content (AvgIpc) is 3.45. The molecule has 0 saturated carbocycles. The summed E-state index contributed by atoms with van der Waals surface area (Å²) in [6.07, 6.45) is 0.444. The predicted molar refractivity (Wildman–Crippen MR) is 122 cm³/mol. The summed E-state index contributed by atoms with van der Waals surface area (Å²) in [5.41, 5.74) is 0. The van der Waals surface area contributed by atoms with Gasteiger partial charge in [0.1, 0.15) is 0 Å². The Morgan fingerprint density at radius 2 is 1.03 bits per heavy atom. The molecule has 0 spiro atoms. The summed E-state index contributed by atoms with van der Waals surface area (Å²) in [6.45, 7) is 3.20. The van der Waals surface area contributed by atoms with E-state index >= 15 is 0 Å². The molecule has 156 valence electrons. The van der Waals surface area contributed by atoms with Gasteiger partial charge in [-0.1, -0.05) is 26.0 Å². The SMILES string of the molecule is CCC(=O)O.CCC(=O)O.[CH2]=[Ti+2].c1ccc2[cH-]ccc2c1.c1ccc2[cH-]ccc2c1. The van der Waals surface area contributed by atoms with Crippen LogP contribution in [0.4, 0.5) is 0 Å². The summed E-state index contributed by atoms with van der Waals surface area (Å²) < 4.78 is 0. The fourth-order valence-electron chi connectivity index (χ4n) is 2.14. The summed E-state index contributed by atoms with van der Waals surface area (Å²) in [5, 5.41) is 20.8. The van der Waals surface area contributed by atoms with E-state index in [2.05, 4.69) is 89.7 Å². The van der Waals surface area contributed by atoms with E-state index in [1.54, 1.807) is 33.8 Å². The molecule has 0 bridgehead atoms. The predicted octanol–water partition coefficient (Wildman–Crippen LogP) is 6.04. The molecule has 0 amide bonds. The van der Waals surface area contributed by atoms with Gasteiger partial charge in [-0.05, 0) is 0 Å². The van der Waals surface area contributed by atoms with Crippen molar-refractivity contribution in [1.29, 1.82) is 0 Å². The molecule has 4 aromatic rings. The van der Waals surface area contributed by atoms with E-state index in [1.807, 2.05) is 0 Å². The normalized spacial score (nSPS) is 8.80. The van der Waals surface area contributed by atoms with E-state index in [0.29, 0.717) is 0 Å². The van der Waals surface area contributed by atoms with Crippen LogP contribution in [-0.2, 0) is 29.6 Å². The van der Waals surface area contributed by atoms with Crippen LogP contribution in [0.25, 0.3) is 21.5 Å². The van der Waals surface area contributed by atoms with Gasteiger partial charge < -0.3 is 10.2 Å². The zero-order valence-corrected chi connectivity index (χ0v) is 19.0. The number of carboxylic acid groups (broad SMARTS) is 2. The second kappa shape index (κ2) is 17.1. The van der Waals surface area contributed by atoms with Gasteiger partial charge in [0.2, 0.25) is 0 Å². The van der Waals surface area contributed by atoms with E-state index in [4.69, 9.17) is 10.2 Å². The van der Waals surface area contributed by atoms with Crippen LogP contribution in [0.5, 0.6) is 0 Å². The molecule has 0 atom stereocenters. The molecule has 4 rings (SSSR count). The summed E-state index contributed by atoms with van der Waals surface area (Å²) >= 11 is 1.75. The standard InChI is InChI=1S/2C9H7.2C3H6O2.CH2.Ti/c2*1-2-5-9-7-3-6-8(9)4-1;2*1-2-3(4)5;;/h2*1-7H;2*2H2,1H3,(H,4,5);1H2;/q2*-1;;;;+2. The molecule has 5 heteroatoms. The Hall–Kier alpha value is -2.82.